The summed E-state index contributed by atoms with van der Waals surface area (Å²) in [6, 6.07) is 5.49. The number of anilines is 1. The van der Waals surface area contributed by atoms with E-state index in [0.29, 0.717) is 18.5 Å². The molecule has 6 heteroatoms. The highest BCUT2D eigenvalue weighted by atomic mass is 32.2. The van der Waals surface area contributed by atoms with Crippen LogP contribution in [0.3, 0.4) is 0 Å². The van der Waals surface area contributed by atoms with Crippen LogP contribution in [-0.2, 0) is 4.79 Å². The first-order chi connectivity index (χ1) is 10.6. The van der Waals surface area contributed by atoms with Gasteiger partial charge in [0.05, 0.1) is 11.2 Å². The van der Waals surface area contributed by atoms with E-state index in [1.165, 1.54) is 0 Å². The van der Waals surface area contributed by atoms with E-state index < -0.39 is 0 Å². The van der Waals surface area contributed by atoms with Crippen molar-refractivity contribution in [3.63, 3.8) is 0 Å². The van der Waals surface area contributed by atoms with E-state index in [0.717, 1.165) is 42.0 Å². The molecular weight excluding hydrogens is 298 g/mol. The second-order valence-electron chi connectivity index (χ2n) is 6.00. The molecule has 0 unspecified atom stereocenters. The minimum atomic E-state index is -0.262. The highest BCUT2D eigenvalue weighted by Gasteiger charge is 2.34. The predicted molar refractivity (Wildman–Crippen MR) is 88.1 cm³/mol. The van der Waals surface area contributed by atoms with Crippen LogP contribution in [0.5, 0.6) is 0 Å². The van der Waals surface area contributed by atoms with Crippen LogP contribution in [0.4, 0.5) is 5.69 Å². The van der Waals surface area contributed by atoms with Gasteiger partial charge < -0.3 is 16.4 Å². The van der Waals surface area contributed by atoms with Crippen LogP contribution < -0.4 is 16.4 Å². The number of nitrogens with two attached hydrogens (primary N) is 1. The lowest BCUT2D eigenvalue weighted by Crippen LogP contribution is -2.51. The fraction of sp³-hybridized carbons (Fsp3) is 0.500. The van der Waals surface area contributed by atoms with E-state index >= 15 is 0 Å². The van der Waals surface area contributed by atoms with Gasteiger partial charge in [-0.05, 0) is 31.0 Å². The zero-order chi connectivity index (χ0) is 15.6. The molecule has 2 amide bonds. The fourth-order valence-electron chi connectivity index (χ4n) is 3.11. The Morgan fingerprint density at radius 3 is 2.86 bits per heavy atom. The largest absolute Gasteiger partial charge is 0.345 e. The normalized spacial score (nSPS) is 20.0. The monoisotopic (exact) mass is 319 g/mol. The van der Waals surface area contributed by atoms with Gasteiger partial charge in [-0.15, -0.1) is 11.8 Å². The molecule has 1 aromatic rings. The molecule has 5 nitrogen and oxygen atoms in total. The van der Waals surface area contributed by atoms with E-state index in [2.05, 4.69) is 10.6 Å². The summed E-state index contributed by atoms with van der Waals surface area (Å²) in [6.07, 6.45) is 4.58. The zero-order valence-electron chi connectivity index (χ0n) is 12.5. The van der Waals surface area contributed by atoms with Crippen molar-refractivity contribution in [2.24, 2.45) is 5.73 Å². The highest BCUT2D eigenvalue weighted by molar-refractivity contribution is 7.99. The molecular formula is C16H21N3O2S. The minimum Gasteiger partial charge on any atom is -0.345 e. The Bertz CT molecular complexity index is 597. The van der Waals surface area contributed by atoms with Gasteiger partial charge in [0.2, 0.25) is 5.91 Å². The molecule has 0 bridgehead atoms. The van der Waals surface area contributed by atoms with Gasteiger partial charge in [0.1, 0.15) is 0 Å². The molecule has 1 aliphatic heterocycles. The molecule has 0 aromatic heterocycles. The lowest BCUT2D eigenvalue weighted by atomic mass is 9.97. The molecule has 4 N–H and O–H groups in total. The second kappa shape index (κ2) is 6.30. The number of hydrogen-bond donors (Lipinski definition) is 3. The van der Waals surface area contributed by atoms with Crippen LogP contribution >= 0.6 is 11.8 Å². The van der Waals surface area contributed by atoms with Crippen LogP contribution in [0.1, 0.15) is 42.5 Å². The van der Waals surface area contributed by atoms with Crippen molar-refractivity contribution in [2.45, 2.75) is 42.5 Å². The molecule has 0 saturated heterocycles. The standard InChI is InChI=1S/C16H21N3O2S/c17-10-16(6-1-2-7-16)19-15(21)11-3-4-13-12(9-11)18-14(20)5-8-22-13/h3-4,9H,1-2,5-8,10,17H2,(H,18,20)(H,19,21). The van der Waals surface area contributed by atoms with Gasteiger partial charge >= 0.3 is 0 Å². The van der Waals surface area contributed by atoms with Crippen LogP contribution in [0.2, 0.25) is 0 Å². The Hall–Kier alpha value is -1.53. The van der Waals surface area contributed by atoms with Crippen molar-refractivity contribution in [1.82, 2.24) is 5.32 Å². The SMILES string of the molecule is NCC1(NC(=O)c2ccc3c(c2)NC(=O)CCS3)CCCC1. The minimum absolute atomic E-state index is 0.00182. The summed E-state index contributed by atoms with van der Waals surface area (Å²) < 4.78 is 0. The molecule has 0 spiro atoms. The van der Waals surface area contributed by atoms with Crippen LogP contribution in [0.25, 0.3) is 0 Å². The summed E-state index contributed by atoms with van der Waals surface area (Å²) in [6.45, 7) is 0.469. The zero-order valence-corrected chi connectivity index (χ0v) is 13.3. The number of rotatable bonds is 3. The van der Waals surface area contributed by atoms with Gasteiger partial charge in [0.25, 0.3) is 5.91 Å². The van der Waals surface area contributed by atoms with Crippen molar-refractivity contribution >= 4 is 29.3 Å². The summed E-state index contributed by atoms with van der Waals surface area (Å²) >= 11 is 1.64. The summed E-state index contributed by atoms with van der Waals surface area (Å²) in [5, 5.41) is 5.98. The molecule has 3 rings (SSSR count). The maximum absolute atomic E-state index is 12.5. The first-order valence-electron chi connectivity index (χ1n) is 7.71. The number of hydrogen-bond acceptors (Lipinski definition) is 4. The van der Waals surface area contributed by atoms with Crippen LogP contribution in [0, 0.1) is 0 Å². The molecule has 1 aliphatic carbocycles. The maximum atomic E-state index is 12.5. The van der Waals surface area contributed by atoms with E-state index in [-0.39, 0.29) is 17.4 Å². The van der Waals surface area contributed by atoms with E-state index in [9.17, 15) is 9.59 Å². The number of benzene rings is 1. The molecule has 1 heterocycles. The van der Waals surface area contributed by atoms with Gasteiger partial charge in [-0.3, -0.25) is 9.59 Å². The third-order valence-electron chi connectivity index (χ3n) is 4.43. The average molecular weight is 319 g/mol. The Labute approximate surface area is 134 Å². The number of fused-ring (bicyclic) bond motifs is 1. The van der Waals surface area contributed by atoms with Crippen LogP contribution in [-0.4, -0.2) is 29.7 Å². The molecule has 1 saturated carbocycles. The molecule has 1 fully saturated rings. The van der Waals surface area contributed by atoms with Crippen molar-refractivity contribution in [1.29, 1.82) is 0 Å². The quantitative estimate of drug-likeness (QED) is 0.797. The Morgan fingerprint density at radius 1 is 1.36 bits per heavy atom. The summed E-state index contributed by atoms with van der Waals surface area (Å²) in [5.41, 5.74) is 6.91. The van der Waals surface area contributed by atoms with Crippen molar-refractivity contribution in [3.05, 3.63) is 23.8 Å². The average Bonchev–Trinajstić information content (AvgIpc) is 2.89. The number of carbonyl (C=O) groups excluding carboxylic acids is 2. The Morgan fingerprint density at radius 2 is 2.14 bits per heavy atom. The van der Waals surface area contributed by atoms with Crippen molar-refractivity contribution in [2.75, 3.05) is 17.6 Å². The highest BCUT2D eigenvalue weighted by Crippen LogP contribution is 2.32. The van der Waals surface area contributed by atoms with Gasteiger partial charge in [0.15, 0.2) is 0 Å². The number of amides is 2. The Kier molecular flexibility index (Phi) is 4.40. The molecule has 118 valence electrons. The van der Waals surface area contributed by atoms with Crippen molar-refractivity contribution < 1.29 is 9.59 Å². The first kappa shape index (κ1) is 15.4. The molecule has 1 aromatic carbocycles. The molecule has 0 atom stereocenters. The van der Waals surface area contributed by atoms with E-state index in [1.54, 1.807) is 17.8 Å². The summed E-state index contributed by atoms with van der Waals surface area (Å²) in [4.78, 5) is 25.2. The number of nitrogens with one attached hydrogen (secondary N) is 2. The van der Waals surface area contributed by atoms with Gasteiger partial charge in [0, 0.05) is 29.2 Å². The first-order valence-corrected chi connectivity index (χ1v) is 8.70. The third-order valence-corrected chi connectivity index (χ3v) is 5.51. The maximum Gasteiger partial charge on any atom is 0.251 e. The predicted octanol–water partition coefficient (Wildman–Crippen LogP) is 2.12. The van der Waals surface area contributed by atoms with Gasteiger partial charge in [-0.2, -0.15) is 0 Å². The second-order valence-corrected chi connectivity index (χ2v) is 7.14. The molecule has 22 heavy (non-hydrogen) atoms. The van der Waals surface area contributed by atoms with E-state index in [4.69, 9.17) is 5.73 Å². The molecule has 2 aliphatic rings. The topological polar surface area (TPSA) is 84.2 Å². The smallest absolute Gasteiger partial charge is 0.251 e. The fourth-order valence-corrected chi connectivity index (χ4v) is 4.04. The Balaban J connectivity index is 1.80. The number of thioether (sulfide) groups is 1. The van der Waals surface area contributed by atoms with Crippen molar-refractivity contribution in [3.8, 4) is 0 Å². The van der Waals surface area contributed by atoms with Crippen LogP contribution in [0.15, 0.2) is 23.1 Å². The van der Waals surface area contributed by atoms with Gasteiger partial charge in [-0.25, -0.2) is 0 Å². The van der Waals surface area contributed by atoms with Gasteiger partial charge in [-0.1, -0.05) is 12.8 Å². The summed E-state index contributed by atoms with van der Waals surface area (Å²) in [7, 11) is 0. The lowest BCUT2D eigenvalue weighted by Gasteiger charge is -2.28. The third kappa shape index (κ3) is 3.13. The lowest BCUT2D eigenvalue weighted by molar-refractivity contribution is -0.115. The summed E-state index contributed by atoms with van der Waals surface area (Å²) in [5.74, 6) is 0.650. The molecule has 0 radical (unpaired) electrons. The van der Waals surface area contributed by atoms with E-state index in [1.807, 2.05) is 12.1 Å². The number of carbonyl (C=O) groups is 2.